The summed E-state index contributed by atoms with van der Waals surface area (Å²) in [6.07, 6.45) is 4.71. The normalized spacial score (nSPS) is 10.3. The van der Waals surface area contributed by atoms with E-state index in [-0.39, 0.29) is 18.3 Å². The maximum atomic E-state index is 11.5. The molecule has 0 aliphatic heterocycles. The average Bonchev–Trinajstić information content (AvgIpc) is 2.34. The summed E-state index contributed by atoms with van der Waals surface area (Å²) in [6.45, 7) is 2.67. The molecule has 0 unspecified atom stereocenters. The lowest BCUT2D eigenvalue weighted by Crippen LogP contribution is -2.24. The molecule has 0 aliphatic carbocycles. The van der Waals surface area contributed by atoms with E-state index in [1.807, 2.05) is 0 Å². The van der Waals surface area contributed by atoms with E-state index in [9.17, 15) is 9.59 Å². The number of amides is 1. The van der Waals surface area contributed by atoms with Crippen LogP contribution < -0.4 is 11.0 Å². The molecule has 0 fully saturated rings. The van der Waals surface area contributed by atoms with Crippen molar-refractivity contribution in [1.82, 2.24) is 9.55 Å². The van der Waals surface area contributed by atoms with Crippen LogP contribution in [0.5, 0.6) is 0 Å². The van der Waals surface area contributed by atoms with Gasteiger partial charge in [-0.05, 0) is 12.5 Å². The van der Waals surface area contributed by atoms with Gasteiger partial charge in [0.1, 0.15) is 12.4 Å². The zero-order chi connectivity index (χ0) is 13.4. The Kier molecular flexibility index (Phi) is 6.07. The highest BCUT2D eigenvalue weighted by Crippen LogP contribution is 1.98. The molecule has 0 aliphatic rings. The van der Waals surface area contributed by atoms with Gasteiger partial charge in [-0.3, -0.25) is 4.79 Å². The summed E-state index contributed by atoms with van der Waals surface area (Å²) in [5.41, 5.74) is -0.406. The van der Waals surface area contributed by atoms with E-state index in [1.165, 1.54) is 4.57 Å². The molecule has 18 heavy (non-hydrogen) atoms. The summed E-state index contributed by atoms with van der Waals surface area (Å²) in [4.78, 5) is 26.4. The topological polar surface area (TPSA) is 73.2 Å². The summed E-state index contributed by atoms with van der Waals surface area (Å²) >= 11 is 0. The SMILES string of the molecule is CCCCCOCC(=O)Nc1ccn(C)c(=O)n1. The Morgan fingerprint density at radius 3 is 2.94 bits per heavy atom. The lowest BCUT2D eigenvalue weighted by atomic mass is 10.3. The first-order valence-electron chi connectivity index (χ1n) is 6.04. The Hall–Kier alpha value is -1.69. The van der Waals surface area contributed by atoms with Gasteiger partial charge in [0.2, 0.25) is 0 Å². The number of rotatable bonds is 7. The maximum absolute atomic E-state index is 11.5. The van der Waals surface area contributed by atoms with Gasteiger partial charge in [0.15, 0.2) is 0 Å². The van der Waals surface area contributed by atoms with Gasteiger partial charge in [0.05, 0.1) is 0 Å². The van der Waals surface area contributed by atoms with Gasteiger partial charge in [-0.1, -0.05) is 19.8 Å². The molecular formula is C12H19N3O3. The number of ether oxygens (including phenoxy) is 1. The average molecular weight is 253 g/mol. The third-order valence-corrected chi connectivity index (χ3v) is 2.37. The molecule has 0 spiro atoms. The lowest BCUT2D eigenvalue weighted by Gasteiger charge is -2.05. The van der Waals surface area contributed by atoms with Crippen molar-refractivity contribution >= 4 is 11.7 Å². The Morgan fingerprint density at radius 2 is 2.28 bits per heavy atom. The number of anilines is 1. The van der Waals surface area contributed by atoms with Crippen molar-refractivity contribution in [2.45, 2.75) is 26.2 Å². The summed E-state index contributed by atoms with van der Waals surface area (Å²) in [5.74, 6) is -0.0486. The van der Waals surface area contributed by atoms with Crippen LogP contribution in [0.4, 0.5) is 5.82 Å². The van der Waals surface area contributed by atoms with Gasteiger partial charge in [-0.2, -0.15) is 4.98 Å². The van der Waals surface area contributed by atoms with Crippen molar-refractivity contribution in [2.24, 2.45) is 7.05 Å². The fourth-order valence-corrected chi connectivity index (χ4v) is 1.33. The molecule has 1 rings (SSSR count). The number of aryl methyl sites for hydroxylation is 1. The molecule has 1 N–H and O–H groups in total. The van der Waals surface area contributed by atoms with Gasteiger partial charge in [-0.15, -0.1) is 0 Å². The molecule has 0 radical (unpaired) electrons. The fraction of sp³-hybridized carbons (Fsp3) is 0.583. The lowest BCUT2D eigenvalue weighted by molar-refractivity contribution is -0.120. The predicted octanol–water partition coefficient (Wildman–Crippen LogP) is 0.926. The molecule has 6 nitrogen and oxygen atoms in total. The molecule has 1 heterocycles. The summed E-state index contributed by atoms with van der Waals surface area (Å²) < 4.78 is 6.53. The molecule has 1 aromatic heterocycles. The molecule has 1 aromatic rings. The van der Waals surface area contributed by atoms with Gasteiger partial charge in [0, 0.05) is 19.9 Å². The molecule has 0 atom stereocenters. The third-order valence-electron chi connectivity index (χ3n) is 2.37. The Balaban J connectivity index is 2.31. The van der Waals surface area contributed by atoms with Crippen LogP contribution in [0.15, 0.2) is 17.1 Å². The first-order chi connectivity index (χ1) is 8.63. The molecule has 1 amide bonds. The van der Waals surface area contributed by atoms with Crippen LogP contribution in [-0.2, 0) is 16.6 Å². The Morgan fingerprint density at radius 1 is 1.50 bits per heavy atom. The molecule has 100 valence electrons. The van der Waals surface area contributed by atoms with Gasteiger partial charge >= 0.3 is 5.69 Å². The highest BCUT2D eigenvalue weighted by Gasteiger charge is 2.04. The van der Waals surface area contributed by atoms with E-state index in [0.717, 1.165) is 19.3 Å². The molecule has 0 saturated carbocycles. The van der Waals surface area contributed by atoms with Crippen molar-refractivity contribution in [3.63, 3.8) is 0 Å². The van der Waals surface area contributed by atoms with E-state index >= 15 is 0 Å². The van der Waals surface area contributed by atoms with E-state index in [1.54, 1.807) is 19.3 Å². The highest BCUT2D eigenvalue weighted by atomic mass is 16.5. The summed E-state index contributed by atoms with van der Waals surface area (Å²) in [5, 5.41) is 2.51. The fourth-order valence-electron chi connectivity index (χ4n) is 1.33. The second-order valence-corrected chi connectivity index (χ2v) is 4.01. The number of nitrogens with zero attached hydrogens (tertiary/aromatic N) is 2. The van der Waals surface area contributed by atoms with E-state index < -0.39 is 5.69 Å². The molecule has 6 heteroatoms. The van der Waals surface area contributed by atoms with Crippen molar-refractivity contribution in [3.05, 3.63) is 22.7 Å². The maximum Gasteiger partial charge on any atom is 0.349 e. The number of hydrogen-bond donors (Lipinski definition) is 1. The quantitative estimate of drug-likeness (QED) is 0.733. The third kappa shape index (κ3) is 5.09. The van der Waals surface area contributed by atoms with Crippen LogP contribution in [0, 0.1) is 0 Å². The van der Waals surface area contributed by atoms with Crippen LogP contribution >= 0.6 is 0 Å². The zero-order valence-electron chi connectivity index (χ0n) is 10.8. The first kappa shape index (κ1) is 14.4. The minimum Gasteiger partial charge on any atom is -0.372 e. The second-order valence-electron chi connectivity index (χ2n) is 4.01. The number of nitrogens with one attached hydrogen (secondary N) is 1. The highest BCUT2D eigenvalue weighted by molar-refractivity contribution is 5.90. The number of carbonyl (C=O) groups excluding carboxylic acids is 1. The molecule has 0 bridgehead atoms. The summed E-state index contributed by atoms with van der Waals surface area (Å²) in [6, 6.07) is 1.57. The van der Waals surface area contributed by atoms with Crippen LogP contribution in [0.3, 0.4) is 0 Å². The number of hydrogen-bond acceptors (Lipinski definition) is 4. The van der Waals surface area contributed by atoms with E-state index in [0.29, 0.717) is 6.61 Å². The van der Waals surface area contributed by atoms with Crippen LogP contribution in [-0.4, -0.2) is 28.7 Å². The molecule has 0 saturated heterocycles. The minimum absolute atomic E-state index is 0.0133. The van der Waals surface area contributed by atoms with Crippen molar-refractivity contribution < 1.29 is 9.53 Å². The van der Waals surface area contributed by atoms with E-state index in [2.05, 4.69) is 17.2 Å². The predicted molar refractivity (Wildman–Crippen MR) is 68.5 cm³/mol. The minimum atomic E-state index is -0.406. The van der Waals surface area contributed by atoms with Crippen molar-refractivity contribution in [3.8, 4) is 0 Å². The van der Waals surface area contributed by atoms with Crippen molar-refractivity contribution in [1.29, 1.82) is 0 Å². The number of unbranched alkanes of at least 4 members (excludes halogenated alkanes) is 2. The second kappa shape index (κ2) is 7.60. The monoisotopic (exact) mass is 253 g/mol. The van der Waals surface area contributed by atoms with Gasteiger partial charge in [-0.25, -0.2) is 4.79 Å². The zero-order valence-corrected chi connectivity index (χ0v) is 10.8. The Labute approximate surface area is 106 Å². The van der Waals surface area contributed by atoms with Gasteiger partial charge < -0.3 is 14.6 Å². The smallest absolute Gasteiger partial charge is 0.349 e. The number of carbonyl (C=O) groups is 1. The van der Waals surface area contributed by atoms with Crippen LogP contribution in [0.25, 0.3) is 0 Å². The van der Waals surface area contributed by atoms with Crippen LogP contribution in [0.2, 0.25) is 0 Å². The van der Waals surface area contributed by atoms with Crippen molar-refractivity contribution in [2.75, 3.05) is 18.5 Å². The molecular weight excluding hydrogens is 234 g/mol. The van der Waals surface area contributed by atoms with E-state index in [4.69, 9.17) is 4.74 Å². The number of aromatic nitrogens is 2. The largest absolute Gasteiger partial charge is 0.372 e. The Bertz CT molecular complexity index is 442. The first-order valence-corrected chi connectivity index (χ1v) is 6.04. The van der Waals surface area contributed by atoms with Crippen LogP contribution in [0.1, 0.15) is 26.2 Å². The van der Waals surface area contributed by atoms with Gasteiger partial charge in [0.25, 0.3) is 5.91 Å². The standard InChI is InChI=1S/C12H19N3O3/c1-3-4-5-8-18-9-11(16)13-10-6-7-15(2)12(17)14-10/h6-7H,3-5,8-9H2,1-2H3,(H,13,14,16,17). The summed E-state index contributed by atoms with van der Waals surface area (Å²) in [7, 11) is 1.60. The molecule has 0 aromatic carbocycles.